The highest BCUT2D eigenvalue weighted by atomic mass is 35.5. The van der Waals surface area contributed by atoms with Crippen molar-refractivity contribution in [2.24, 2.45) is 0 Å². The molecule has 3 rings (SSSR count). The molecule has 6 heteroatoms. The van der Waals surface area contributed by atoms with E-state index in [4.69, 9.17) is 23.2 Å². The predicted octanol–water partition coefficient (Wildman–Crippen LogP) is 3.22. The molecule has 0 aliphatic heterocycles. The first-order chi connectivity index (χ1) is 9.25. The van der Waals surface area contributed by atoms with E-state index in [0.29, 0.717) is 22.4 Å². The Bertz CT molecular complexity index is 709. The molecule has 0 aliphatic carbocycles. The number of aryl methyl sites for hydroxylation is 1. The Morgan fingerprint density at radius 3 is 2.79 bits per heavy atom. The van der Waals surface area contributed by atoms with Crippen LogP contribution in [0.3, 0.4) is 0 Å². The van der Waals surface area contributed by atoms with Gasteiger partial charge in [-0.15, -0.1) is 0 Å². The van der Waals surface area contributed by atoms with Crippen molar-refractivity contribution in [1.29, 1.82) is 0 Å². The quantitative estimate of drug-likeness (QED) is 0.696. The first kappa shape index (κ1) is 12.4. The second-order valence-electron chi connectivity index (χ2n) is 4.13. The van der Waals surface area contributed by atoms with Gasteiger partial charge in [0.15, 0.2) is 5.65 Å². The van der Waals surface area contributed by atoms with Gasteiger partial charge in [0.05, 0.1) is 6.20 Å². The van der Waals surface area contributed by atoms with Crippen LogP contribution in [0.2, 0.25) is 10.3 Å². The van der Waals surface area contributed by atoms with E-state index in [1.54, 1.807) is 23.0 Å². The molecule has 0 amide bonds. The smallest absolute Gasteiger partial charge is 0.158 e. The third kappa shape index (κ3) is 2.41. The topological polar surface area (TPSA) is 43.1 Å². The zero-order valence-electron chi connectivity index (χ0n) is 9.92. The van der Waals surface area contributed by atoms with Crippen LogP contribution in [0, 0.1) is 0 Å². The van der Waals surface area contributed by atoms with Crippen LogP contribution in [0.4, 0.5) is 0 Å². The van der Waals surface area contributed by atoms with E-state index >= 15 is 0 Å². The average Bonchev–Trinajstić information content (AvgIpc) is 2.88. The van der Waals surface area contributed by atoms with E-state index < -0.39 is 0 Å². The molecule has 0 aromatic carbocycles. The van der Waals surface area contributed by atoms with Gasteiger partial charge in [0.1, 0.15) is 10.3 Å². The molecule has 0 saturated heterocycles. The predicted molar refractivity (Wildman–Crippen MR) is 74.7 cm³/mol. The Hall–Kier alpha value is -1.65. The number of rotatable bonds is 3. The second-order valence-corrected chi connectivity index (χ2v) is 4.85. The molecule has 0 radical (unpaired) electrons. The minimum Gasteiger partial charge on any atom is -0.264 e. The lowest BCUT2D eigenvalue weighted by atomic mass is 10.1. The van der Waals surface area contributed by atoms with E-state index in [2.05, 4.69) is 15.1 Å². The normalized spacial score (nSPS) is 11.1. The largest absolute Gasteiger partial charge is 0.264 e. The number of halogens is 2. The summed E-state index contributed by atoms with van der Waals surface area (Å²) in [6.45, 7) is 0. The molecule has 3 aromatic rings. The minimum absolute atomic E-state index is 0.432. The number of pyridine rings is 1. The lowest BCUT2D eigenvalue weighted by Gasteiger charge is -2.08. The molecule has 0 fully saturated rings. The van der Waals surface area contributed by atoms with E-state index in [9.17, 15) is 0 Å². The highest BCUT2D eigenvalue weighted by molar-refractivity contribution is 6.34. The van der Waals surface area contributed by atoms with E-state index in [-0.39, 0.29) is 0 Å². The fourth-order valence-corrected chi connectivity index (χ4v) is 2.57. The standard InChI is InChI=1S/C13H10Cl2N4/c14-12-10(4-3-9-2-1-6-16-8-9)13(15)19-11(18-12)5-7-17-19/h1-2,5-8H,3-4H2. The van der Waals surface area contributed by atoms with Crippen LogP contribution in [0.15, 0.2) is 36.8 Å². The second kappa shape index (κ2) is 5.15. The highest BCUT2D eigenvalue weighted by Crippen LogP contribution is 2.25. The molecule has 0 atom stereocenters. The van der Waals surface area contributed by atoms with Gasteiger partial charge in [-0.25, -0.2) is 9.50 Å². The lowest BCUT2D eigenvalue weighted by Crippen LogP contribution is -2.02. The van der Waals surface area contributed by atoms with Gasteiger partial charge in [-0.2, -0.15) is 5.10 Å². The minimum atomic E-state index is 0.432. The van der Waals surface area contributed by atoms with Crippen LogP contribution in [-0.2, 0) is 12.8 Å². The third-order valence-electron chi connectivity index (χ3n) is 2.91. The number of hydrogen-bond donors (Lipinski definition) is 0. The molecular weight excluding hydrogens is 283 g/mol. The van der Waals surface area contributed by atoms with E-state index in [0.717, 1.165) is 17.5 Å². The molecule has 96 valence electrons. The van der Waals surface area contributed by atoms with Crippen molar-refractivity contribution < 1.29 is 0 Å². The maximum atomic E-state index is 6.31. The van der Waals surface area contributed by atoms with E-state index in [1.807, 2.05) is 18.3 Å². The Morgan fingerprint density at radius 2 is 2.00 bits per heavy atom. The first-order valence-corrected chi connectivity index (χ1v) is 6.58. The summed E-state index contributed by atoms with van der Waals surface area (Å²) in [6.07, 6.45) is 6.74. The molecule has 4 nitrogen and oxygen atoms in total. The molecular formula is C13H10Cl2N4. The van der Waals surface area contributed by atoms with Gasteiger partial charge in [-0.1, -0.05) is 29.3 Å². The van der Waals surface area contributed by atoms with Gasteiger partial charge in [0, 0.05) is 24.0 Å². The van der Waals surface area contributed by atoms with Crippen molar-refractivity contribution in [2.75, 3.05) is 0 Å². The molecule has 0 unspecified atom stereocenters. The maximum absolute atomic E-state index is 6.31. The van der Waals surface area contributed by atoms with Crippen molar-refractivity contribution in [3.8, 4) is 0 Å². The summed E-state index contributed by atoms with van der Waals surface area (Å²) in [6, 6.07) is 5.70. The summed E-state index contributed by atoms with van der Waals surface area (Å²) >= 11 is 12.5. The summed E-state index contributed by atoms with van der Waals surface area (Å²) in [5, 5.41) is 5.08. The van der Waals surface area contributed by atoms with Crippen LogP contribution in [0.5, 0.6) is 0 Å². The molecule has 0 saturated carbocycles. The molecule has 19 heavy (non-hydrogen) atoms. The zero-order valence-corrected chi connectivity index (χ0v) is 11.4. The van der Waals surface area contributed by atoms with Crippen LogP contribution < -0.4 is 0 Å². The van der Waals surface area contributed by atoms with Crippen LogP contribution >= 0.6 is 23.2 Å². The first-order valence-electron chi connectivity index (χ1n) is 5.82. The molecule has 0 spiro atoms. The third-order valence-corrected chi connectivity index (χ3v) is 3.61. The summed E-state index contributed by atoms with van der Waals surface area (Å²) in [5.74, 6) is 0. The summed E-state index contributed by atoms with van der Waals surface area (Å²) in [4.78, 5) is 8.36. The lowest BCUT2D eigenvalue weighted by molar-refractivity contribution is 0.878. The van der Waals surface area contributed by atoms with Crippen molar-refractivity contribution in [3.63, 3.8) is 0 Å². The molecule has 0 bridgehead atoms. The Labute approximate surface area is 120 Å². The Balaban J connectivity index is 1.92. The number of aromatic nitrogens is 4. The number of nitrogens with zero attached hydrogens (tertiary/aromatic N) is 4. The SMILES string of the molecule is Clc1nc2ccnn2c(Cl)c1CCc1cccnc1. The monoisotopic (exact) mass is 292 g/mol. The average molecular weight is 293 g/mol. The fourth-order valence-electron chi connectivity index (χ4n) is 1.93. The number of hydrogen-bond acceptors (Lipinski definition) is 3. The van der Waals surface area contributed by atoms with Gasteiger partial charge in [0.25, 0.3) is 0 Å². The van der Waals surface area contributed by atoms with Crippen LogP contribution in [0.25, 0.3) is 5.65 Å². The summed E-state index contributed by atoms with van der Waals surface area (Å²) < 4.78 is 1.59. The van der Waals surface area contributed by atoms with Gasteiger partial charge in [-0.3, -0.25) is 4.98 Å². The van der Waals surface area contributed by atoms with Crippen molar-refractivity contribution in [1.82, 2.24) is 19.6 Å². The molecule has 0 N–H and O–H groups in total. The van der Waals surface area contributed by atoms with Gasteiger partial charge >= 0.3 is 0 Å². The Kier molecular flexibility index (Phi) is 3.36. The maximum Gasteiger partial charge on any atom is 0.158 e. The number of fused-ring (bicyclic) bond motifs is 1. The fraction of sp³-hybridized carbons (Fsp3) is 0.154. The molecule has 3 heterocycles. The molecule has 3 aromatic heterocycles. The van der Waals surface area contributed by atoms with Crippen LogP contribution in [0.1, 0.15) is 11.1 Å². The van der Waals surface area contributed by atoms with Gasteiger partial charge in [0.2, 0.25) is 0 Å². The van der Waals surface area contributed by atoms with Crippen LogP contribution in [-0.4, -0.2) is 19.6 Å². The van der Waals surface area contributed by atoms with Gasteiger partial charge < -0.3 is 0 Å². The Morgan fingerprint density at radius 1 is 1.11 bits per heavy atom. The van der Waals surface area contributed by atoms with E-state index in [1.165, 1.54) is 0 Å². The van der Waals surface area contributed by atoms with Gasteiger partial charge in [-0.05, 0) is 24.5 Å². The summed E-state index contributed by atoms with van der Waals surface area (Å²) in [7, 11) is 0. The van der Waals surface area contributed by atoms with Crippen molar-refractivity contribution in [3.05, 3.63) is 58.2 Å². The van der Waals surface area contributed by atoms with Crippen molar-refractivity contribution in [2.45, 2.75) is 12.8 Å². The highest BCUT2D eigenvalue weighted by Gasteiger charge is 2.12. The summed E-state index contributed by atoms with van der Waals surface area (Å²) in [5.41, 5.74) is 2.60. The zero-order chi connectivity index (χ0) is 13.2. The van der Waals surface area contributed by atoms with Crippen molar-refractivity contribution >= 4 is 28.8 Å². The molecule has 0 aliphatic rings.